The van der Waals surface area contributed by atoms with Crippen molar-refractivity contribution < 1.29 is 8.78 Å². The van der Waals surface area contributed by atoms with Crippen LogP contribution in [0.2, 0.25) is 0 Å². The van der Waals surface area contributed by atoms with E-state index in [9.17, 15) is 8.78 Å². The van der Waals surface area contributed by atoms with Gasteiger partial charge in [-0.3, -0.25) is 0 Å². The van der Waals surface area contributed by atoms with Gasteiger partial charge in [0.25, 0.3) is 0 Å². The minimum absolute atomic E-state index is 0.312. The summed E-state index contributed by atoms with van der Waals surface area (Å²) in [5.74, 6) is 0. The number of benzene rings is 1. The molecule has 0 heterocycles. The summed E-state index contributed by atoms with van der Waals surface area (Å²) in [4.78, 5) is 0. The van der Waals surface area contributed by atoms with Gasteiger partial charge in [0.2, 0.25) is 3.79 Å². The van der Waals surface area contributed by atoms with Gasteiger partial charge in [0, 0.05) is 11.1 Å². The maximum atomic E-state index is 12.5. The third-order valence-corrected chi connectivity index (χ3v) is 2.41. The number of rotatable bonds is 1. The largest absolute Gasteiger partial charge is 0.348 e. The summed E-state index contributed by atoms with van der Waals surface area (Å²) < 4.78 is 23.5. The summed E-state index contributed by atoms with van der Waals surface area (Å²) in [6, 6.07) is 4.81. The molecule has 0 fully saturated rings. The Bertz CT molecular complexity index is 277. The fourth-order valence-electron chi connectivity index (χ4n) is 0.848. The van der Waals surface area contributed by atoms with E-state index in [0.29, 0.717) is 5.56 Å². The normalized spacial score (nSPS) is 13.0. The molecule has 78 valence electrons. The number of hydrogen-bond acceptors (Lipinski definition) is 0. The maximum absolute atomic E-state index is 12.5. The van der Waals surface area contributed by atoms with Gasteiger partial charge in [0.1, 0.15) is 0 Å². The van der Waals surface area contributed by atoms with Crippen LogP contribution in [-0.4, -0.2) is 0 Å². The van der Waals surface area contributed by atoms with E-state index in [4.69, 9.17) is 46.4 Å². The molecule has 0 aliphatic rings. The molecule has 0 bridgehead atoms. The summed E-state index contributed by atoms with van der Waals surface area (Å²) in [6.45, 7) is 0. The molecule has 0 radical (unpaired) electrons. The molecular weight excluding hydrogens is 276 g/mol. The number of halogens is 6. The standard InChI is InChI=1S/C8H4Cl4F2/c9-7(10,11)5-1-3-6(4-2-5)8(12,13)14/h1-4H. The summed E-state index contributed by atoms with van der Waals surface area (Å²) in [5, 5.41) is -3.40. The molecule has 0 aliphatic carbocycles. The van der Waals surface area contributed by atoms with E-state index in [-0.39, 0.29) is 5.56 Å². The highest BCUT2D eigenvalue weighted by Gasteiger charge is 2.29. The first kappa shape index (κ1) is 12.3. The van der Waals surface area contributed by atoms with Gasteiger partial charge < -0.3 is 0 Å². The summed E-state index contributed by atoms with van der Waals surface area (Å²) in [6.07, 6.45) is 0. The van der Waals surface area contributed by atoms with E-state index in [1.54, 1.807) is 0 Å². The van der Waals surface area contributed by atoms with Gasteiger partial charge in [-0.15, -0.1) is 0 Å². The number of hydrogen-bond donors (Lipinski definition) is 0. The molecule has 14 heavy (non-hydrogen) atoms. The van der Waals surface area contributed by atoms with E-state index in [0.717, 1.165) is 12.1 Å². The second-order valence-corrected chi connectivity index (χ2v) is 5.33. The third-order valence-electron chi connectivity index (χ3n) is 1.54. The summed E-state index contributed by atoms with van der Waals surface area (Å²) in [5.41, 5.74) is -0.0238. The topological polar surface area (TPSA) is 0 Å². The van der Waals surface area contributed by atoms with Crippen LogP contribution in [0.5, 0.6) is 0 Å². The molecule has 1 aromatic carbocycles. The summed E-state index contributed by atoms with van der Waals surface area (Å²) >= 11 is 21.4. The van der Waals surface area contributed by atoms with Crippen molar-refractivity contribution in [1.82, 2.24) is 0 Å². The summed E-state index contributed by atoms with van der Waals surface area (Å²) in [7, 11) is 0. The predicted octanol–water partition coefficient (Wildman–Crippen LogP) is 4.80. The predicted molar refractivity (Wildman–Crippen MR) is 55.4 cm³/mol. The van der Waals surface area contributed by atoms with Crippen LogP contribution in [-0.2, 0) is 9.17 Å². The van der Waals surface area contributed by atoms with Gasteiger partial charge >= 0.3 is 5.38 Å². The molecule has 0 nitrogen and oxygen atoms in total. The zero-order chi connectivity index (χ0) is 11.0. The Morgan fingerprint density at radius 3 is 1.43 bits per heavy atom. The van der Waals surface area contributed by atoms with Crippen molar-refractivity contribution >= 4 is 46.4 Å². The Morgan fingerprint density at radius 1 is 0.786 bits per heavy atom. The Labute approximate surface area is 99.7 Å². The van der Waals surface area contributed by atoms with Gasteiger partial charge in [0.15, 0.2) is 0 Å². The first-order chi connectivity index (χ1) is 6.21. The van der Waals surface area contributed by atoms with Gasteiger partial charge in [-0.05, 0) is 11.6 Å². The van der Waals surface area contributed by atoms with Crippen LogP contribution in [0.15, 0.2) is 24.3 Å². The molecule has 0 spiro atoms. The molecular formula is C8H4Cl4F2. The van der Waals surface area contributed by atoms with Crippen molar-refractivity contribution in [2.24, 2.45) is 0 Å². The minimum Gasteiger partial charge on any atom is -0.183 e. The van der Waals surface area contributed by atoms with Gasteiger partial charge in [0.05, 0.1) is 0 Å². The van der Waals surface area contributed by atoms with E-state index >= 15 is 0 Å². The molecule has 0 N–H and O–H groups in total. The van der Waals surface area contributed by atoms with Crippen LogP contribution in [0, 0.1) is 0 Å². The highest BCUT2D eigenvalue weighted by molar-refractivity contribution is 6.66. The molecule has 0 atom stereocenters. The van der Waals surface area contributed by atoms with Crippen molar-refractivity contribution in [2.45, 2.75) is 9.17 Å². The molecule has 0 saturated heterocycles. The molecule has 0 saturated carbocycles. The van der Waals surface area contributed by atoms with Crippen LogP contribution in [0.4, 0.5) is 8.78 Å². The van der Waals surface area contributed by atoms with Crippen LogP contribution in [0.3, 0.4) is 0 Å². The molecule has 0 aromatic heterocycles. The molecule has 0 aliphatic heterocycles. The van der Waals surface area contributed by atoms with Crippen molar-refractivity contribution in [1.29, 1.82) is 0 Å². The monoisotopic (exact) mass is 278 g/mol. The minimum atomic E-state index is -3.40. The van der Waals surface area contributed by atoms with Gasteiger partial charge in [-0.1, -0.05) is 59.1 Å². The zero-order valence-corrected chi connectivity index (χ0v) is 9.60. The van der Waals surface area contributed by atoms with E-state index < -0.39 is 9.17 Å². The van der Waals surface area contributed by atoms with Gasteiger partial charge in [-0.25, -0.2) is 0 Å². The fourth-order valence-corrected chi connectivity index (χ4v) is 1.35. The van der Waals surface area contributed by atoms with Crippen molar-refractivity contribution in [3.05, 3.63) is 35.4 Å². The Kier molecular flexibility index (Phi) is 3.53. The second kappa shape index (κ2) is 4.01. The van der Waals surface area contributed by atoms with Crippen LogP contribution in [0.1, 0.15) is 11.1 Å². The second-order valence-electron chi connectivity index (χ2n) is 2.57. The quantitative estimate of drug-likeness (QED) is 0.648. The molecule has 1 aromatic rings. The Morgan fingerprint density at radius 2 is 1.14 bits per heavy atom. The highest BCUT2D eigenvalue weighted by Crippen LogP contribution is 2.39. The van der Waals surface area contributed by atoms with Crippen LogP contribution < -0.4 is 0 Å². The highest BCUT2D eigenvalue weighted by atomic mass is 35.6. The van der Waals surface area contributed by atoms with E-state index in [1.807, 2.05) is 0 Å². The SMILES string of the molecule is FC(F)(Cl)c1ccc(C(Cl)(Cl)Cl)cc1. The lowest BCUT2D eigenvalue weighted by Crippen LogP contribution is -2.05. The third kappa shape index (κ3) is 3.13. The van der Waals surface area contributed by atoms with Crippen LogP contribution in [0.25, 0.3) is 0 Å². The van der Waals surface area contributed by atoms with Crippen molar-refractivity contribution in [3.63, 3.8) is 0 Å². The first-order valence-corrected chi connectivity index (χ1v) is 4.97. The zero-order valence-electron chi connectivity index (χ0n) is 6.58. The smallest absolute Gasteiger partial charge is 0.183 e. The number of alkyl halides is 6. The Hall–Kier alpha value is 0.240. The van der Waals surface area contributed by atoms with Gasteiger partial charge in [-0.2, -0.15) is 8.78 Å². The van der Waals surface area contributed by atoms with Crippen LogP contribution >= 0.6 is 46.4 Å². The first-order valence-electron chi connectivity index (χ1n) is 3.46. The molecule has 6 heteroatoms. The van der Waals surface area contributed by atoms with E-state index in [1.165, 1.54) is 12.1 Å². The van der Waals surface area contributed by atoms with E-state index in [2.05, 4.69) is 0 Å². The molecule has 0 unspecified atom stereocenters. The average Bonchev–Trinajstić information content (AvgIpc) is 2.01. The lowest BCUT2D eigenvalue weighted by Gasteiger charge is -2.13. The maximum Gasteiger partial charge on any atom is 0.348 e. The molecule has 1 rings (SSSR count). The lowest BCUT2D eigenvalue weighted by atomic mass is 10.1. The lowest BCUT2D eigenvalue weighted by molar-refractivity contribution is 0.0951. The molecule has 0 amide bonds. The average molecular weight is 280 g/mol. The Balaban J connectivity index is 3.02. The van der Waals surface area contributed by atoms with Crippen molar-refractivity contribution in [3.8, 4) is 0 Å². The van der Waals surface area contributed by atoms with Crippen molar-refractivity contribution in [2.75, 3.05) is 0 Å². The fraction of sp³-hybridized carbons (Fsp3) is 0.250.